The summed E-state index contributed by atoms with van der Waals surface area (Å²) in [6.45, 7) is 3.61. The van der Waals surface area contributed by atoms with Crippen LogP contribution in [0, 0.1) is 13.8 Å². The zero-order chi connectivity index (χ0) is 27.6. The van der Waals surface area contributed by atoms with Crippen LogP contribution in [0.1, 0.15) is 27.3 Å². The maximum Gasteiger partial charge on any atom is 0.331 e. The first-order valence-corrected chi connectivity index (χ1v) is 13.5. The number of esters is 1. The lowest BCUT2D eigenvalue weighted by Crippen LogP contribution is -2.13. The van der Waals surface area contributed by atoms with Crippen molar-refractivity contribution in [3.8, 4) is 33.4 Å². The molecule has 0 radical (unpaired) electrons. The van der Waals surface area contributed by atoms with E-state index in [2.05, 4.69) is 0 Å². The summed E-state index contributed by atoms with van der Waals surface area (Å²) in [7, 11) is 0. The first-order chi connectivity index (χ1) is 19.5. The summed E-state index contributed by atoms with van der Waals surface area (Å²) in [6.07, 6.45) is 4.86. The number of carbonyl (C=O) groups is 2. The number of hydrogen-bond donors (Lipinski definition) is 0. The SMILES string of the molecule is Cc1cc(C(=O)COC(=O)C=Cc2cn(-c3ccccc3)nc2-c2cccs2)c(C)n1-c1ccc2c(c1)OCO2. The van der Waals surface area contributed by atoms with E-state index in [-0.39, 0.29) is 19.2 Å². The van der Waals surface area contributed by atoms with Gasteiger partial charge < -0.3 is 18.8 Å². The quantitative estimate of drug-likeness (QED) is 0.130. The van der Waals surface area contributed by atoms with Crippen LogP contribution in [-0.4, -0.2) is 39.5 Å². The minimum Gasteiger partial charge on any atom is -0.454 e. The first kappa shape index (κ1) is 25.4. The third kappa shape index (κ3) is 4.94. The molecule has 200 valence electrons. The van der Waals surface area contributed by atoms with Crippen LogP contribution >= 0.6 is 11.3 Å². The largest absolute Gasteiger partial charge is 0.454 e. The minimum absolute atomic E-state index is 0.191. The van der Waals surface area contributed by atoms with Gasteiger partial charge in [0.15, 0.2) is 18.1 Å². The van der Waals surface area contributed by atoms with E-state index < -0.39 is 5.97 Å². The number of ether oxygens (including phenoxy) is 3. The predicted molar refractivity (Wildman–Crippen MR) is 153 cm³/mol. The van der Waals surface area contributed by atoms with Gasteiger partial charge in [0, 0.05) is 46.5 Å². The molecule has 5 aromatic rings. The number of fused-ring (bicyclic) bond motifs is 1. The molecule has 6 rings (SSSR count). The van der Waals surface area contributed by atoms with Crippen LogP contribution in [0.4, 0.5) is 0 Å². The Hall–Kier alpha value is -4.89. The van der Waals surface area contributed by atoms with Crippen molar-refractivity contribution in [3.63, 3.8) is 0 Å². The molecule has 2 aromatic carbocycles. The Morgan fingerprint density at radius 1 is 1.00 bits per heavy atom. The Kier molecular flexibility index (Phi) is 6.79. The van der Waals surface area contributed by atoms with Gasteiger partial charge in [0.25, 0.3) is 0 Å². The van der Waals surface area contributed by atoms with Gasteiger partial charge in [0.1, 0.15) is 5.69 Å². The molecule has 40 heavy (non-hydrogen) atoms. The summed E-state index contributed by atoms with van der Waals surface area (Å²) in [5.41, 5.74) is 5.42. The molecule has 0 saturated heterocycles. The molecule has 0 unspecified atom stereocenters. The number of nitrogens with zero attached hydrogens (tertiary/aromatic N) is 3. The summed E-state index contributed by atoms with van der Waals surface area (Å²) < 4.78 is 20.0. The molecule has 3 aromatic heterocycles. The van der Waals surface area contributed by atoms with Crippen molar-refractivity contribution in [1.29, 1.82) is 0 Å². The van der Waals surface area contributed by atoms with E-state index in [1.54, 1.807) is 28.2 Å². The van der Waals surface area contributed by atoms with Crippen LogP contribution in [0.3, 0.4) is 0 Å². The van der Waals surface area contributed by atoms with E-state index in [0.29, 0.717) is 17.1 Å². The number of hydrogen-bond acceptors (Lipinski definition) is 7. The monoisotopic (exact) mass is 551 g/mol. The molecule has 0 bridgehead atoms. The van der Waals surface area contributed by atoms with E-state index in [0.717, 1.165) is 38.9 Å². The Morgan fingerprint density at radius 3 is 2.62 bits per heavy atom. The fourth-order valence-corrected chi connectivity index (χ4v) is 5.45. The van der Waals surface area contributed by atoms with Gasteiger partial charge in [-0.1, -0.05) is 24.3 Å². The van der Waals surface area contributed by atoms with Crippen LogP contribution in [0.2, 0.25) is 0 Å². The number of benzene rings is 2. The van der Waals surface area contributed by atoms with Gasteiger partial charge in [-0.2, -0.15) is 5.10 Å². The van der Waals surface area contributed by atoms with Gasteiger partial charge in [-0.05, 0) is 61.7 Å². The summed E-state index contributed by atoms with van der Waals surface area (Å²) in [4.78, 5) is 26.6. The number of thiophene rings is 1. The lowest BCUT2D eigenvalue weighted by atomic mass is 10.1. The molecule has 0 atom stereocenters. The van der Waals surface area contributed by atoms with Gasteiger partial charge in [-0.3, -0.25) is 4.79 Å². The van der Waals surface area contributed by atoms with E-state index in [9.17, 15) is 9.59 Å². The van der Waals surface area contributed by atoms with E-state index in [1.165, 1.54) is 6.08 Å². The van der Waals surface area contributed by atoms with Gasteiger partial charge in [0.2, 0.25) is 12.6 Å². The van der Waals surface area contributed by atoms with Crippen LogP contribution in [0.15, 0.2) is 84.4 Å². The highest BCUT2D eigenvalue weighted by Crippen LogP contribution is 2.35. The van der Waals surface area contributed by atoms with Gasteiger partial charge in [-0.25, -0.2) is 9.48 Å². The maximum absolute atomic E-state index is 13.0. The average molecular weight is 552 g/mol. The molecule has 0 fully saturated rings. The average Bonchev–Trinajstić information content (AvgIpc) is 3.77. The number of aryl methyl sites for hydroxylation is 1. The number of rotatable bonds is 8. The predicted octanol–water partition coefficient (Wildman–Crippen LogP) is 6.18. The third-order valence-corrected chi connectivity index (χ3v) is 7.48. The van der Waals surface area contributed by atoms with Gasteiger partial charge in [0.05, 0.1) is 10.6 Å². The van der Waals surface area contributed by atoms with Crippen molar-refractivity contribution in [2.45, 2.75) is 13.8 Å². The zero-order valence-electron chi connectivity index (χ0n) is 21.9. The number of Topliss-reactive ketones (excluding diaryl/α,β-unsaturated/α-hetero) is 1. The Labute approximate surface area is 234 Å². The second-order valence-electron chi connectivity index (χ2n) is 9.21. The molecule has 1 aliphatic rings. The first-order valence-electron chi connectivity index (χ1n) is 12.6. The van der Waals surface area contributed by atoms with Crippen molar-refractivity contribution in [3.05, 3.63) is 107 Å². The molecule has 0 N–H and O–H groups in total. The van der Waals surface area contributed by atoms with Crippen LogP contribution < -0.4 is 9.47 Å². The summed E-state index contributed by atoms with van der Waals surface area (Å²) in [6, 6.07) is 21.1. The molecular formula is C31H25N3O5S. The molecule has 1 aliphatic heterocycles. The highest BCUT2D eigenvalue weighted by molar-refractivity contribution is 7.13. The lowest BCUT2D eigenvalue weighted by molar-refractivity contribution is -0.136. The molecule has 0 spiro atoms. The van der Waals surface area contributed by atoms with Gasteiger partial charge >= 0.3 is 5.97 Å². The Balaban J connectivity index is 1.16. The van der Waals surface area contributed by atoms with Crippen molar-refractivity contribution >= 4 is 29.2 Å². The number of ketones is 1. The van der Waals surface area contributed by atoms with Crippen molar-refractivity contribution in [1.82, 2.24) is 14.3 Å². The second kappa shape index (κ2) is 10.7. The smallest absolute Gasteiger partial charge is 0.331 e. The van der Waals surface area contributed by atoms with Crippen LogP contribution in [-0.2, 0) is 9.53 Å². The van der Waals surface area contributed by atoms with E-state index in [1.807, 2.05) is 90.7 Å². The van der Waals surface area contributed by atoms with Gasteiger partial charge in [-0.15, -0.1) is 11.3 Å². The third-order valence-electron chi connectivity index (χ3n) is 6.61. The van der Waals surface area contributed by atoms with Crippen molar-refractivity contribution in [2.24, 2.45) is 0 Å². The summed E-state index contributed by atoms with van der Waals surface area (Å²) in [5.74, 6) is 0.466. The Morgan fingerprint density at radius 2 is 1.82 bits per heavy atom. The summed E-state index contributed by atoms with van der Waals surface area (Å²) >= 11 is 1.57. The molecule has 9 heteroatoms. The standard InChI is InChI=1S/C31H25N3O5S/c1-20-15-25(21(2)34(20)24-11-12-27-28(16-24)39-19-38-27)26(35)18-37-30(36)13-10-22-17-33(23-7-4-3-5-8-23)32-31(22)29-9-6-14-40-29/h3-17H,18-19H2,1-2H3. The Bertz CT molecular complexity index is 1730. The van der Waals surface area contributed by atoms with Crippen molar-refractivity contribution < 1.29 is 23.8 Å². The summed E-state index contributed by atoms with van der Waals surface area (Å²) in [5, 5.41) is 6.71. The van der Waals surface area contributed by atoms with Crippen LogP contribution in [0.25, 0.3) is 28.0 Å². The minimum atomic E-state index is -0.609. The molecular weight excluding hydrogens is 526 g/mol. The molecule has 0 amide bonds. The molecule has 4 heterocycles. The number of para-hydroxylation sites is 1. The highest BCUT2D eigenvalue weighted by Gasteiger charge is 2.20. The topological polar surface area (TPSA) is 84.6 Å². The van der Waals surface area contributed by atoms with E-state index >= 15 is 0 Å². The second-order valence-corrected chi connectivity index (χ2v) is 10.2. The highest BCUT2D eigenvalue weighted by atomic mass is 32.1. The maximum atomic E-state index is 13.0. The molecule has 0 saturated carbocycles. The lowest BCUT2D eigenvalue weighted by Gasteiger charge is -2.10. The van der Waals surface area contributed by atoms with E-state index in [4.69, 9.17) is 19.3 Å². The fourth-order valence-electron chi connectivity index (χ4n) is 4.71. The number of carbonyl (C=O) groups excluding carboxylic acids is 2. The zero-order valence-corrected chi connectivity index (χ0v) is 22.7. The normalized spacial score (nSPS) is 12.2. The fraction of sp³-hybridized carbons (Fsp3) is 0.129. The van der Waals surface area contributed by atoms with Crippen molar-refractivity contribution in [2.75, 3.05) is 13.4 Å². The number of aromatic nitrogens is 3. The van der Waals surface area contributed by atoms with Crippen LogP contribution in [0.5, 0.6) is 11.5 Å². The molecule has 8 nitrogen and oxygen atoms in total. The molecule has 0 aliphatic carbocycles.